The molecule has 0 saturated carbocycles. The van der Waals surface area contributed by atoms with E-state index in [4.69, 9.17) is 0 Å². The third-order valence-electron chi connectivity index (χ3n) is 1.76. The lowest BCUT2D eigenvalue weighted by atomic mass is 10.0. The van der Waals surface area contributed by atoms with Crippen molar-refractivity contribution >= 4 is 0 Å². The quantitative estimate of drug-likeness (QED) is 0.376. The van der Waals surface area contributed by atoms with Gasteiger partial charge >= 0.3 is 0 Å². The van der Waals surface area contributed by atoms with E-state index in [-0.39, 0.29) is 0 Å². The van der Waals surface area contributed by atoms with Crippen LogP contribution in [-0.2, 0) is 0 Å². The summed E-state index contributed by atoms with van der Waals surface area (Å²) in [5.74, 6) is 2.63. The Morgan fingerprint density at radius 3 is 0.364 bits per heavy atom. The summed E-state index contributed by atoms with van der Waals surface area (Å²) in [6.45, 7) is 45.4. The second kappa shape index (κ2) is 94.9. The van der Waals surface area contributed by atoms with Gasteiger partial charge in [0.1, 0.15) is 0 Å². The summed E-state index contributed by atoms with van der Waals surface area (Å²) in [4.78, 5) is 0. The highest BCUT2D eigenvalue weighted by Gasteiger charge is 1.95. The molecule has 0 aliphatic heterocycles. The van der Waals surface area contributed by atoms with Crippen LogP contribution >= 0.6 is 0 Å². The molecule has 0 N–H and O–H groups in total. The minimum atomic E-state index is 0.875. The first kappa shape index (κ1) is 58.7. The van der Waals surface area contributed by atoms with E-state index in [1.165, 1.54) is 57.8 Å². The fraction of sp³-hybridized carbons (Fsp3) is 1.00. The topological polar surface area (TPSA) is 0 Å². The van der Waals surface area contributed by atoms with E-state index in [0.717, 1.165) is 17.8 Å². The molecule has 0 aliphatic rings. The Hall–Kier alpha value is 0. The molecule has 0 aromatic heterocycles. The minimum absolute atomic E-state index is 0.875. The second-order valence-corrected chi connectivity index (χ2v) is 9.78. The third kappa shape index (κ3) is 800. The van der Waals surface area contributed by atoms with Gasteiger partial charge < -0.3 is 0 Å². The molecule has 216 valence electrons. The molecule has 0 amide bonds. The van der Waals surface area contributed by atoms with Gasteiger partial charge in [-0.25, -0.2) is 0 Å². The fourth-order valence-electron chi connectivity index (χ4n) is 0.943. The van der Waals surface area contributed by atoms with Crippen molar-refractivity contribution in [3.05, 3.63) is 0 Å². The van der Waals surface area contributed by atoms with Crippen molar-refractivity contribution < 1.29 is 0 Å². The van der Waals surface area contributed by atoms with Crippen LogP contribution in [0.5, 0.6) is 0 Å². The van der Waals surface area contributed by atoms with E-state index in [1.807, 2.05) is 0 Å². The van der Waals surface area contributed by atoms with Crippen LogP contribution < -0.4 is 0 Å². The van der Waals surface area contributed by atoms with Gasteiger partial charge in [0, 0.05) is 0 Å². The van der Waals surface area contributed by atoms with Crippen LogP contribution in [0.4, 0.5) is 0 Å². The average Bonchev–Trinajstić information content (AvgIpc) is 2.65. The van der Waals surface area contributed by atoms with E-state index in [1.54, 1.807) is 0 Å². The van der Waals surface area contributed by atoms with Crippen molar-refractivity contribution in [3.63, 3.8) is 0 Å². The van der Waals surface area contributed by atoms with Crippen LogP contribution in [0, 0.1) is 17.8 Å². The lowest BCUT2D eigenvalue weighted by Gasteiger charge is -2.05. The fourth-order valence-corrected chi connectivity index (χ4v) is 0.943. The van der Waals surface area contributed by atoms with Gasteiger partial charge in [-0.15, -0.1) is 0 Å². The van der Waals surface area contributed by atoms with E-state index in [0.29, 0.717) is 0 Å². The highest BCUT2D eigenvalue weighted by Crippen LogP contribution is 2.08. The summed E-state index contributed by atoms with van der Waals surface area (Å²) in [6, 6.07) is 0. The van der Waals surface area contributed by atoms with Crippen LogP contribution in [0.15, 0.2) is 0 Å². The minimum Gasteiger partial charge on any atom is -0.0656 e. The predicted octanol–water partition coefficient (Wildman–Crippen LogP) is 14.7. The molecule has 0 fully saturated rings. The van der Waals surface area contributed by atoms with Gasteiger partial charge in [0.2, 0.25) is 0 Å². The summed E-state index contributed by atoms with van der Waals surface area (Å²) in [7, 11) is 0. The first-order valence-corrected chi connectivity index (χ1v) is 15.3. The van der Waals surface area contributed by atoms with Crippen molar-refractivity contribution in [1.82, 2.24) is 0 Å². The van der Waals surface area contributed by atoms with Crippen LogP contribution in [0.25, 0.3) is 0 Å². The van der Waals surface area contributed by atoms with Gasteiger partial charge in [-0.05, 0) is 24.2 Å². The predicted molar refractivity (Wildman–Crippen MR) is 171 cm³/mol. The SMILES string of the molecule is CC(C)CC(C)C.CCC.CCC.CCC.CCC.CCC.CCC.CCC.CCC(C)C. The van der Waals surface area contributed by atoms with Gasteiger partial charge in [-0.1, -0.05) is 197 Å². The summed E-state index contributed by atoms with van der Waals surface area (Å²) in [6.07, 6.45) is 11.4. The Morgan fingerprint density at radius 2 is 0.364 bits per heavy atom. The van der Waals surface area contributed by atoms with E-state index in [2.05, 4.69) is 145 Å². The zero-order valence-electron chi connectivity index (χ0n) is 29.1. The lowest BCUT2D eigenvalue weighted by Crippen LogP contribution is -1.93. The van der Waals surface area contributed by atoms with Crippen LogP contribution in [0.3, 0.4) is 0 Å². The average molecular weight is 481 g/mol. The number of rotatable bonds is 3. The first-order chi connectivity index (χ1) is 15.3. The summed E-state index contributed by atoms with van der Waals surface area (Å²) in [5, 5.41) is 0. The zero-order chi connectivity index (χ0) is 29.1. The van der Waals surface area contributed by atoms with Crippen molar-refractivity contribution in [2.45, 2.75) is 203 Å². The Morgan fingerprint density at radius 1 is 0.273 bits per heavy atom. The molecule has 0 heteroatoms. The lowest BCUT2D eigenvalue weighted by molar-refractivity contribution is 0.469. The molecule has 0 saturated heterocycles. The van der Waals surface area contributed by atoms with Gasteiger partial charge in [0.15, 0.2) is 0 Å². The van der Waals surface area contributed by atoms with E-state index in [9.17, 15) is 0 Å². The van der Waals surface area contributed by atoms with Gasteiger partial charge in [0.05, 0.1) is 0 Å². The Kier molecular flexibility index (Phi) is 169. The Balaban J connectivity index is -0.0000000288. The summed E-state index contributed by atoms with van der Waals surface area (Å²) in [5.41, 5.74) is 0. The smallest absolute Gasteiger partial charge is 0.0469 e. The van der Waals surface area contributed by atoms with Crippen molar-refractivity contribution in [2.24, 2.45) is 17.8 Å². The number of hydrogen-bond donors (Lipinski definition) is 0. The van der Waals surface area contributed by atoms with Crippen molar-refractivity contribution in [1.29, 1.82) is 0 Å². The molecular formula is C33H84. The summed E-state index contributed by atoms with van der Waals surface area (Å²) < 4.78 is 0. The van der Waals surface area contributed by atoms with Crippen LogP contribution in [0.2, 0.25) is 0 Å². The summed E-state index contributed by atoms with van der Waals surface area (Å²) >= 11 is 0. The molecule has 0 bridgehead atoms. The van der Waals surface area contributed by atoms with Crippen molar-refractivity contribution in [2.75, 3.05) is 0 Å². The molecule has 0 aliphatic carbocycles. The normalized spacial score (nSPS) is 7.64. The van der Waals surface area contributed by atoms with Gasteiger partial charge in [-0.2, -0.15) is 0 Å². The molecular weight excluding hydrogens is 396 g/mol. The largest absolute Gasteiger partial charge is 0.0656 e. The monoisotopic (exact) mass is 481 g/mol. The first-order valence-electron chi connectivity index (χ1n) is 15.3. The zero-order valence-corrected chi connectivity index (χ0v) is 29.1. The molecule has 0 aromatic carbocycles. The molecule has 0 atom stereocenters. The molecule has 0 rings (SSSR count). The van der Waals surface area contributed by atoms with Crippen LogP contribution in [0.1, 0.15) is 203 Å². The van der Waals surface area contributed by atoms with E-state index >= 15 is 0 Å². The standard InChI is InChI=1S/C7H16.C5H12.7C3H8/c1-6(2)5-7(3)4;1-4-5(2)3;7*1-3-2/h6-7H,5H2,1-4H3;5H,4H2,1-3H3;7*3H2,1-2H3. The highest BCUT2D eigenvalue weighted by molar-refractivity contribution is 4.47. The molecule has 0 unspecified atom stereocenters. The van der Waals surface area contributed by atoms with E-state index < -0.39 is 0 Å². The maximum Gasteiger partial charge on any atom is -0.0469 e. The molecule has 0 aromatic rings. The highest BCUT2D eigenvalue weighted by atomic mass is 14.0. The second-order valence-electron chi connectivity index (χ2n) is 9.78. The number of hydrogen-bond acceptors (Lipinski definition) is 0. The third-order valence-corrected chi connectivity index (χ3v) is 1.76. The molecule has 0 heterocycles. The van der Waals surface area contributed by atoms with Crippen molar-refractivity contribution in [3.8, 4) is 0 Å². The molecule has 0 nitrogen and oxygen atoms in total. The Bertz CT molecular complexity index is 118. The Labute approximate surface area is 220 Å². The van der Waals surface area contributed by atoms with Gasteiger partial charge in [-0.3, -0.25) is 0 Å². The van der Waals surface area contributed by atoms with Crippen LogP contribution in [-0.4, -0.2) is 0 Å². The molecule has 0 radical (unpaired) electrons. The maximum atomic E-state index is 2.26. The molecule has 33 heavy (non-hydrogen) atoms. The van der Waals surface area contributed by atoms with Gasteiger partial charge in [0.25, 0.3) is 0 Å². The maximum absolute atomic E-state index is 2.26. The molecule has 0 spiro atoms.